The van der Waals surface area contributed by atoms with Crippen molar-refractivity contribution in [2.45, 2.75) is 13.0 Å². The van der Waals surface area contributed by atoms with Crippen molar-refractivity contribution in [1.29, 1.82) is 0 Å². The summed E-state index contributed by atoms with van der Waals surface area (Å²) in [7, 11) is 1.96. The summed E-state index contributed by atoms with van der Waals surface area (Å²) in [5.74, 6) is 0. The van der Waals surface area contributed by atoms with Gasteiger partial charge in [0, 0.05) is 0 Å². The molecular weight excluding hydrogens is 206 g/mol. The lowest BCUT2D eigenvalue weighted by Crippen LogP contribution is -2.17. The van der Waals surface area contributed by atoms with Crippen molar-refractivity contribution in [1.82, 2.24) is 14.9 Å². The van der Waals surface area contributed by atoms with Gasteiger partial charge in [0.1, 0.15) is 0 Å². The molecule has 0 radical (unpaired) electrons. The predicted octanol–water partition coefficient (Wildman–Crippen LogP) is 2.16. The maximum Gasteiger partial charge on any atom is 0.0776 e. The Labute approximate surface area is 93.3 Å². The van der Waals surface area contributed by atoms with E-state index in [1.165, 1.54) is 22.0 Å². The van der Waals surface area contributed by atoms with Crippen LogP contribution < -0.4 is 5.32 Å². The molecule has 2 aromatic rings. The molecule has 0 saturated carbocycles. The summed E-state index contributed by atoms with van der Waals surface area (Å²) in [5, 5.41) is 7.33. The molecule has 3 nitrogen and oxygen atoms in total. The number of hydrogen-bond donors (Lipinski definition) is 1. The van der Waals surface area contributed by atoms with Gasteiger partial charge in [-0.3, -0.25) is 0 Å². The molecule has 78 valence electrons. The molecule has 0 aliphatic rings. The van der Waals surface area contributed by atoms with Gasteiger partial charge in [0.05, 0.1) is 16.6 Å². The number of aromatic nitrogens is 2. The second-order valence-electron chi connectivity index (χ2n) is 3.35. The van der Waals surface area contributed by atoms with Crippen LogP contribution in [0.3, 0.4) is 0 Å². The number of nitrogens with zero attached hydrogens (tertiary/aromatic N) is 2. The molecule has 1 unspecified atom stereocenters. The zero-order chi connectivity index (χ0) is 10.7. The van der Waals surface area contributed by atoms with Crippen molar-refractivity contribution in [3.8, 4) is 0 Å². The van der Waals surface area contributed by atoms with Gasteiger partial charge in [-0.1, -0.05) is 34.8 Å². The first-order valence-corrected chi connectivity index (χ1v) is 5.61. The summed E-state index contributed by atoms with van der Waals surface area (Å²) < 4.78 is 3.97. The van der Waals surface area contributed by atoms with Gasteiger partial charge in [0.15, 0.2) is 0 Å². The van der Waals surface area contributed by atoms with Crippen LogP contribution in [0.1, 0.15) is 22.2 Å². The Hall–Kier alpha value is -1.26. The van der Waals surface area contributed by atoms with Crippen LogP contribution >= 0.6 is 11.5 Å². The van der Waals surface area contributed by atoms with E-state index in [1.807, 2.05) is 32.2 Å². The fourth-order valence-electron chi connectivity index (χ4n) is 1.60. The molecule has 1 aromatic heterocycles. The van der Waals surface area contributed by atoms with E-state index < -0.39 is 0 Å². The second kappa shape index (κ2) is 4.51. The first kappa shape index (κ1) is 10.3. The molecule has 4 heteroatoms. The Balaban J connectivity index is 2.37. The minimum Gasteiger partial charge on any atom is -0.309 e. The maximum atomic E-state index is 4.04. The van der Waals surface area contributed by atoms with E-state index in [9.17, 15) is 0 Å². The van der Waals surface area contributed by atoms with Gasteiger partial charge in [0.25, 0.3) is 0 Å². The Morgan fingerprint density at radius 3 is 2.53 bits per heavy atom. The molecule has 1 atom stereocenters. The van der Waals surface area contributed by atoms with E-state index in [2.05, 4.69) is 27.0 Å². The summed E-state index contributed by atoms with van der Waals surface area (Å²) in [4.78, 5) is 1.18. The van der Waals surface area contributed by atoms with Crippen molar-refractivity contribution < 1.29 is 0 Å². The van der Waals surface area contributed by atoms with Crippen LogP contribution in [0.2, 0.25) is 0 Å². The minimum atomic E-state index is 0.200. The third kappa shape index (κ3) is 2.06. The Morgan fingerprint density at radius 1 is 1.27 bits per heavy atom. The van der Waals surface area contributed by atoms with Crippen molar-refractivity contribution in [2.24, 2.45) is 0 Å². The minimum absolute atomic E-state index is 0.200. The second-order valence-corrected chi connectivity index (χ2v) is 4.14. The highest BCUT2D eigenvalue weighted by Crippen LogP contribution is 2.25. The predicted molar refractivity (Wildman–Crippen MR) is 62.0 cm³/mol. The molecule has 0 fully saturated rings. The molecule has 0 aliphatic heterocycles. The lowest BCUT2D eigenvalue weighted by molar-refractivity contribution is 0.697. The normalized spacial score (nSPS) is 12.7. The SMILES string of the molecule is CNC(c1ccccc1)c1snnc1C. The number of hydrogen-bond acceptors (Lipinski definition) is 4. The van der Waals surface area contributed by atoms with Crippen LogP contribution in [0.15, 0.2) is 30.3 Å². The molecule has 1 aromatic carbocycles. The van der Waals surface area contributed by atoms with Crippen molar-refractivity contribution >= 4 is 11.5 Å². The first-order chi connectivity index (χ1) is 7.33. The fraction of sp³-hybridized carbons (Fsp3) is 0.273. The zero-order valence-electron chi connectivity index (χ0n) is 8.77. The number of benzene rings is 1. The van der Waals surface area contributed by atoms with Gasteiger partial charge in [-0.25, -0.2) is 0 Å². The van der Waals surface area contributed by atoms with E-state index in [1.54, 1.807) is 0 Å². The highest BCUT2D eigenvalue weighted by molar-refractivity contribution is 7.05. The highest BCUT2D eigenvalue weighted by atomic mass is 32.1. The van der Waals surface area contributed by atoms with Gasteiger partial charge in [-0.2, -0.15) is 0 Å². The van der Waals surface area contributed by atoms with Crippen LogP contribution in [0.5, 0.6) is 0 Å². The molecule has 15 heavy (non-hydrogen) atoms. The third-order valence-electron chi connectivity index (χ3n) is 2.37. The topological polar surface area (TPSA) is 37.8 Å². The standard InChI is InChI=1S/C11H13N3S/c1-8-11(15-14-13-8)10(12-2)9-6-4-3-5-7-9/h3-7,10,12H,1-2H3. The Kier molecular flexibility index (Phi) is 3.08. The van der Waals surface area contributed by atoms with Gasteiger partial charge in [-0.15, -0.1) is 5.10 Å². The Bertz CT molecular complexity index is 424. The summed E-state index contributed by atoms with van der Waals surface area (Å²) >= 11 is 1.45. The van der Waals surface area contributed by atoms with Crippen LogP contribution in [0.4, 0.5) is 0 Å². The molecular formula is C11H13N3S. The molecule has 1 heterocycles. The van der Waals surface area contributed by atoms with E-state index in [0.29, 0.717) is 0 Å². The van der Waals surface area contributed by atoms with Gasteiger partial charge >= 0.3 is 0 Å². The fourth-order valence-corrected chi connectivity index (χ4v) is 2.38. The average Bonchev–Trinajstić information content (AvgIpc) is 2.68. The van der Waals surface area contributed by atoms with Gasteiger partial charge in [0.2, 0.25) is 0 Å². The summed E-state index contributed by atoms with van der Waals surface area (Å²) in [6.45, 7) is 1.99. The van der Waals surface area contributed by atoms with E-state index in [0.717, 1.165) is 5.69 Å². The molecule has 2 rings (SSSR count). The zero-order valence-corrected chi connectivity index (χ0v) is 9.58. The smallest absolute Gasteiger partial charge is 0.0776 e. The number of aryl methyl sites for hydroxylation is 1. The van der Waals surface area contributed by atoms with Crippen molar-refractivity contribution in [2.75, 3.05) is 7.05 Å². The summed E-state index contributed by atoms with van der Waals surface area (Å²) in [5.41, 5.74) is 2.25. The molecule has 0 bridgehead atoms. The molecule has 0 aliphatic carbocycles. The van der Waals surface area contributed by atoms with Crippen LogP contribution in [0.25, 0.3) is 0 Å². The van der Waals surface area contributed by atoms with Crippen LogP contribution in [-0.2, 0) is 0 Å². The van der Waals surface area contributed by atoms with E-state index >= 15 is 0 Å². The summed E-state index contributed by atoms with van der Waals surface area (Å²) in [6.07, 6.45) is 0. The van der Waals surface area contributed by atoms with Gasteiger partial charge in [-0.05, 0) is 31.1 Å². The molecule has 0 amide bonds. The molecule has 0 saturated heterocycles. The van der Waals surface area contributed by atoms with E-state index in [4.69, 9.17) is 0 Å². The van der Waals surface area contributed by atoms with Crippen molar-refractivity contribution in [3.05, 3.63) is 46.5 Å². The molecule has 1 N–H and O–H groups in total. The average molecular weight is 219 g/mol. The maximum absolute atomic E-state index is 4.04. The number of rotatable bonds is 3. The van der Waals surface area contributed by atoms with Crippen LogP contribution in [0, 0.1) is 6.92 Å². The Morgan fingerprint density at radius 2 is 2.00 bits per heavy atom. The van der Waals surface area contributed by atoms with Crippen LogP contribution in [-0.4, -0.2) is 16.6 Å². The quantitative estimate of drug-likeness (QED) is 0.859. The monoisotopic (exact) mass is 219 g/mol. The lowest BCUT2D eigenvalue weighted by Gasteiger charge is -2.14. The third-order valence-corrected chi connectivity index (χ3v) is 3.26. The largest absolute Gasteiger partial charge is 0.309 e. The summed E-state index contributed by atoms with van der Waals surface area (Å²) in [6, 6.07) is 10.5. The van der Waals surface area contributed by atoms with Gasteiger partial charge < -0.3 is 5.32 Å². The van der Waals surface area contributed by atoms with E-state index in [-0.39, 0.29) is 6.04 Å². The highest BCUT2D eigenvalue weighted by Gasteiger charge is 2.16. The first-order valence-electron chi connectivity index (χ1n) is 4.84. The molecule has 0 spiro atoms. The lowest BCUT2D eigenvalue weighted by atomic mass is 10.1. The number of nitrogens with one attached hydrogen (secondary N) is 1. The van der Waals surface area contributed by atoms with Crippen molar-refractivity contribution in [3.63, 3.8) is 0 Å².